The normalized spacial score (nSPS) is 23.5. The maximum absolute atomic E-state index is 12.0. The summed E-state index contributed by atoms with van der Waals surface area (Å²) >= 11 is 0. The Labute approximate surface area is 125 Å². The summed E-state index contributed by atoms with van der Waals surface area (Å²) in [6.07, 6.45) is 3.83. The number of nitrogens with two attached hydrogens (primary N) is 1. The Balaban J connectivity index is 1.73. The van der Waals surface area contributed by atoms with Gasteiger partial charge in [-0.2, -0.15) is 0 Å². The minimum Gasteiger partial charge on any atom is -0.508 e. The lowest BCUT2D eigenvalue weighted by Crippen LogP contribution is -2.44. The van der Waals surface area contributed by atoms with Crippen LogP contribution in [-0.2, 0) is 11.2 Å². The van der Waals surface area contributed by atoms with Crippen molar-refractivity contribution >= 4 is 5.91 Å². The van der Waals surface area contributed by atoms with E-state index in [4.69, 9.17) is 5.73 Å². The van der Waals surface area contributed by atoms with Crippen molar-refractivity contribution in [3.63, 3.8) is 0 Å². The zero-order chi connectivity index (χ0) is 15.2. The van der Waals surface area contributed by atoms with Gasteiger partial charge in [-0.25, -0.2) is 0 Å². The van der Waals surface area contributed by atoms with Crippen molar-refractivity contribution in [1.29, 1.82) is 0 Å². The number of benzene rings is 1. The van der Waals surface area contributed by atoms with Gasteiger partial charge in [0.05, 0.1) is 12.1 Å². The molecule has 5 N–H and O–H groups in total. The number of hydrogen-bond donors (Lipinski definition) is 4. The number of phenols is 1. The van der Waals surface area contributed by atoms with Crippen molar-refractivity contribution in [3.05, 3.63) is 29.8 Å². The number of amides is 1. The first-order chi connectivity index (χ1) is 10.0. The van der Waals surface area contributed by atoms with Gasteiger partial charge in [0.25, 0.3) is 0 Å². The fourth-order valence-electron chi connectivity index (χ4n) is 2.70. The van der Waals surface area contributed by atoms with Crippen LogP contribution in [0.4, 0.5) is 0 Å². The van der Waals surface area contributed by atoms with E-state index in [1.54, 1.807) is 24.3 Å². The van der Waals surface area contributed by atoms with Gasteiger partial charge in [-0.1, -0.05) is 12.1 Å². The zero-order valence-corrected chi connectivity index (χ0v) is 12.2. The van der Waals surface area contributed by atoms with Gasteiger partial charge >= 0.3 is 0 Å². The average molecular weight is 292 g/mol. The summed E-state index contributed by atoms with van der Waals surface area (Å²) in [7, 11) is 0. The summed E-state index contributed by atoms with van der Waals surface area (Å²) in [5.41, 5.74) is 6.84. The first-order valence-electron chi connectivity index (χ1n) is 7.54. The molecule has 2 rings (SSSR count). The highest BCUT2D eigenvalue weighted by Gasteiger charge is 2.21. The molecule has 1 atom stereocenters. The molecule has 0 aromatic heterocycles. The number of rotatable bonds is 5. The first-order valence-corrected chi connectivity index (χ1v) is 7.54. The summed E-state index contributed by atoms with van der Waals surface area (Å²) in [6, 6.07) is 6.14. The zero-order valence-electron chi connectivity index (χ0n) is 12.2. The second-order valence-electron chi connectivity index (χ2n) is 5.90. The first kappa shape index (κ1) is 15.8. The number of phenolic OH excluding ortho intramolecular Hbond substituents is 1. The molecule has 1 aliphatic carbocycles. The number of aliphatic hydroxyl groups is 1. The smallest absolute Gasteiger partial charge is 0.237 e. The van der Waals surface area contributed by atoms with Gasteiger partial charge in [-0.05, 0) is 55.7 Å². The molecule has 0 radical (unpaired) electrons. The Morgan fingerprint density at radius 1 is 1.24 bits per heavy atom. The summed E-state index contributed by atoms with van der Waals surface area (Å²) in [5.74, 6) is 0.503. The fourth-order valence-corrected chi connectivity index (χ4v) is 2.70. The third kappa shape index (κ3) is 5.02. The van der Waals surface area contributed by atoms with Crippen LogP contribution in [0.1, 0.15) is 31.2 Å². The molecule has 1 aromatic rings. The predicted molar refractivity (Wildman–Crippen MR) is 80.8 cm³/mol. The SMILES string of the molecule is N[C@H](Cc1ccc(O)cc1)C(=O)NCC1CCC(O)CC1. The molecule has 0 bridgehead atoms. The van der Waals surface area contributed by atoms with E-state index in [0.29, 0.717) is 18.9 Å². The van der Waals surface area contributed by atoms with E-state index in [9.17, 15) is 15.0 Å². The van der Waals surface area contributed by atoms with Gasteiger partial charge in [0.1, 0.15) is 5.75 Å². The van der Waals surface area contributed by atoms with E-state index in [2.05, 4.69) is 5.32 Å². The molecule has 0 unspecified atom stereocenters. The van der Waals surface area contributed by atoms with E-state index in [1.165, 1.54) is 0 Å². The summed E-state index contributed by atoms with van der Waals surface area (Å²) in [4.78, 5) is 12.0. The van der Waals surface area contributed by atoms with Crippen LogP contribution in [0.2, 0.25) is 0 Å². The minimum atomic E-state index is -0.580. The van der Waals surface area contributed by atoms with Crippen molar-refractivity contribution in [2.75, 3.05) is 6.54 Å². The fraction of sp³-hybridized carbons (Fsp3) is 0.562. The van der Waals surface area contributed by atoms with E-state index >= 15 is 0 Å². The summed E-state index contributed by atoms with van der Waals surface area (Å²) in [6.45, 7) is 0.634. The number of carbonyl (C=O) groups excluding carboxylic acids is 1. The molecule has 0 spiro atoms. The number of aromatic hydroxyl groups is 1. The summed E-state index contributed by atoms with van der Waals surface area (Å²) in [5, 5.41) is 21.6. The third-order valence-electron chi connectivity index (χ3n) is 4.11. The highest BCUT2D eigenvalue weighted by Crippen LogP contribution is 2.23. The van der Waals surface area contributed by atoms with Crippen LogP contribution in [0.3, 0.4) is 0 Å². The molecule has 0 aliphatic heterocycles. The van der Waals surface area contributed by atoms with Crippen molar-refractivity contribution in [2.24, 2.45) is 11.7 Å². The molecule has 5 nitrogen and oxygen atoms in total. The average Bonchev–Trinajstić information content (AvgIpc) is 2.48. The molecule has 1 amide bonds. The minimum absolute atomic E-state index is 0.144. The lowest BCUT2D eigenvalue weighted by atomic mass is 9.87. The molecule has 1 fully saturated rings. The van der Waals surface area contributed by atoms with Crippen molar-refractivity contribution in [1.82, 2.24) is 5.32 Å². The van der Waals surface area contributed by atoms with Crippen LogP contribution >= 0.6 is 0 Å². The second kappa shape index (κ2) is 7.43. The number of hydrogen-bond acceptors (Lipinski definition) is 4. The topological polar surface area (TPSA) is 95.6 Å². The van der Waals surface area contributed by atoms with Crippen molar-refractivity contribution in [2.45, 2.75) is 44.2 Å². The molecule has 0 heterocycles. The number of nitrogens with one attached hydrogen (secondary N) is 1. The van der Waals surface area contributed by atoms with Gasteiger partial charge in [-0.15, -0.1) is 0 Å². The van der Waals surface area contributed by atoms with Crippen molar-refractivity contribution < 1.29 is 15.0 Å². The quantitative estimate of drug-likeness (QED) is 0.649. The Morgan fingerprint density at radius 2 is 1.86 bits per heavy atom. The van der Waals surface area contributed by atoms with E-state index < -0.39 is 6.04 Å². The van der Waals surface area contributed by atoms with Crippen LogP contribution in [-0.4, -0.2) is 34.8 Å². The highest BCUT2D eigenvalue weighted by molar-refractivity contribution is 5.81. The van der Waals surface area contributed by atoms with E-state index in [0.717, 1.165) is 31.2 Å². The number of carbonyl (C=O) groups is 1. The monoisotopic (exact) mass is 292 g/mol. The Bertz CT molecular complexity index is 453. The van der Waals surface area contributed by atoms with Gasteiger partial charge in [-0.3, -0.25) is 4.79 Å². The third-order valence-corrected chi connectivity index (χ3v) is 4.11. The van der Waals surface area contributed by atoms with Gasteiger partial charge in [0, 0.05) is 6.54 Å². The molecule has 1 saturated carbocycles. The lowest BCUT2D eigenvalue weighted by Gasteiger charge is -2.26. The van der Waals surface area contributed by atoms with E-state index in [1.807, 2.05) is 0 Å². The van der Waals surface area contributed by atoms with Crippen molar-refractivity contribution in [3.8, 4) is 5.75 Å². The van der Waals surface area contributed by atoms with E-state index in [-0.39, 0.29) is 17.8 Å². The van der Waals surface area contributed by atoms with Crippen LogP contribution in [0.25, 0.3) is 0 Å². The molecule has 1 aromatic carbocycles. The van der Waals surface area contributed by atoms with Crippen LogP contribution in [0.5, 0.6) is 5.75 Å². The number of aliphatic hydroxyl groups excluding tert-OH is 1. The summed E-state index contributed by atoms with van der Waals surface area (Å²) < 4.78 is 0. The highest BCUT2D eigenvalue weighted by atomic mass is 16.3. The predicted octanol–water partition coefficient (Wildman–Crippen LogP) is 0.929. The van der Waals surface area contributed by atoms with Gasteiger partial charge in [0.2, 0.25) is 5.91 Å². The molecular formula is C16H24N2O3. The second-order valence-corrected chi connectivity index (χ2v) is 5.90. The van der Waals surface area contributed by atoms with Gasteiger partial charge in [0.15, 0.2) is 0 Å². The Hall–Kier alpha value is -1.59. The molecule has 1 aliphatic rings. The largest absolute Gasteiger partial charge is 0.508 e. The molecule has 21 heavy (non-hydrogen) atoms. The van der Waals surface area contributed by atoms with Crippen LogP contribution < -0.4 is 11.1 Å². The van der Waals surface area contributed by atoms with Crippen LogP contribution in [0, 0.1) is 5.92 Å². The van der Waals surface area contributed by atoms with Crippen LogP contribution in [0.15, 0.2) is 24.3 Å². The molecule has 5 heteroatoms. The molecule has 116 valence electrons. The Kier molecular flexibility index (Phi) is 5.59. The maximum atomic E-state index is 12.0. The standard InChI is InChI=1S/C16H24N2O3/c17-15(9-11-1-5-13(19)6-2-11)16(21)18-10-12-3-7-14(20)8-4-12/h1-2,5-6,12,14-15,19-20H,3-4,7-10,17H2,(H,18,21)/t12?,14?,15-/m1/s1. The van der Waals surface area contributed by atoms with Gasteiger partial charge < -0.3 is 21.3 Å². The Morgan fingerprint density at radius 3 is 2.48 bits per heavy atom. The molecule has 0 saturated heterocycles. The molecular weight excluding hydrogens is 268 g/mol. The maximum Gasteiger partial charge on any atom is 0.237 e. The lowest BCUT2D eigenvalue weighted by molar-refractivity contribution is -0.122.